The van der Waals surface area contributed by atoms with Crippen LogP contribution < -0.4 is 5.32 Å². The molecule has 0 saturated heterocycles. The van der Waals surface area contributed by atoms with Crippen molar-refractivity contribution in [2.75, 3.05) is 18.1 Å². The maximum Gasteiger partial charge on any atom is 0.252 e. The number of aliphatic hydroxyl groups is 1. The van der Waals surface area contributed by atoms with E-state index in [-0.39, 0.29) is 35.4 Å². The van der Waals surface area contributed by atoms with Gasteiger partial charge in [0.15, 0.2) is 23.3 Å². The van der Waals surface area contributed by atoms with Crippen LogP contribution in [0.2, 0.25) is 0 Å². The topological polar surface area (TPSA) is 199 Å². The van der Waals surface area contributed by atoms with E-state index >= 15 is 0 Å². The molecule has 264 valence electrons. The van der Waals surface area contributed by atoms with Gasteiger partial charge in [-0.15, -0.1) is 0 Å². The lowest BCUT2D eigenvalue weighted by molar-refractivity contribution is 0.0953. The van der Waals surface area contributed by atoms with Crippen LogP contribution in [0.4, 0.5) is 0 Å². The number of unbranched alkanes of at least 4 members (excludes halogenated alkanes) is 1. The largest absolute Gasteiger partial charge is 0.512 e. The van der Waals surface area contributed by atoms with Crippen LogP contribution in [0.1, 0.15) is 41.3 Å². The summed E-state index contributed by atoms with van der Waals surface area (Å²) >= 11 is 1.88. The number of H-pyrrole nitrogens is 2. The monoisotopic (exact) mass is 723 g/mol. The standard InChI is InChI=1S/C39H33N9O4S/c1-2-53-15-4-3-14-40-39(52)26-7-5-6-25-30(26)38-47-33-24-13-10-21(51)18-29(24)37(45-33)46-36-28-17-20(50)9-12-23(28)32(44-36)43-35-27-16-19(49)8-11-22(27)31(42-35)41-34(25)48-38/h5-10,12-13,17-18,49-51H,2-4,11,14-16H2,1H3,(H,40,52)(H2,41,42,43,44,45,46,47,48). The average Bonchev–Trinajstić information content (AvgIpc) is 3.87. The van der Waals surface area contributed by atoms with Gasteiger partial charge in [-0.2, -0.15) is 11.8 Å². The molecule has 6 aromatic rings. The molecule has 9 rings (SSSR count). The summed E-state index contributed by atoms with van der Waals surface area (Å²) in [7, 11) is 0. The van der Waals surface area contributed by atoms with Crippen LogP contribution in [0.25, 0.3) is 78.9 Å². The Labute approximate surface area is 306 Å². The first-order valence-electron chi connectivity index (χ1n) is 17.4. The molecule has 0 saturated carbocycles. The lowest BCUT2D eigenvalue weighted by Gasteiger charge is -2.09. The Morgan fingerprint density at radius 2 is 1.43 bits per heavy atom. The highest BCUT2D eigenvalue weighted by Gasteiger charge is 2.27. The van der Waals surface area contributed by atoms with Crippen molar-refractivity contribution < 1.29 is 20.1 Å². The molecule has 2 aliphatic heterocycles. The predicted octanol–water partition coefficient (Wildman–Crippen LogP) is 6.93. The van der Waals surface area contributed by atoms with E-state index in [1.165, 1.54) is 0 Å². The number of nitrogens with zero attached hydrogens (tertiary/aromatic N) is 6. The average molecular weight is 724 g/mol. The van der Waals surface area contributed by atoms with E-state index in [9.17, 15) is 20.1 Å². The highest BCUT2D eigenvalue weighted by molar-refractivity contribution is 7.99. The van der Waals surface area contributed by atoms with Crippen molar-refractivity contribution in [3.63, 3.8) is 0 Å². The van der Waals surface area contributed by atoms with Gasteiger partial charge in [0.25, 0.3) is 5.91 Å². The first kappa shape index (κ1) is 32.6. The number of aromatic hydroxyl groups is 2. The number of amides is 1. The molecule has 0 spiro atoms. The van der Waals surface area contributed by atoms with Crippen LogP contribution >= 0.6 is 11.8 Å². The normalized spacial score (nSPS) is 13.0. The van der Waals surface area contributed by atoms with Gasteiger partial charge >= 0.3 is 0 Å². The van der Waals surface area contributed by atoms with Gasteiger partial charge in [0.1, 0.15) is 34.1 Å². The van der Waals surface area contributed by atoms with E-state index in [4.69, 9.17) is 29.9 Å². The zero-order valence-electron chi connectivity index (χ0n) is 28.6. The number of nitrogens with one attached hydrogen (secondary N) is 3. The Balaban J connectivity index is 1.33. The smallest absolute Gasteiger partial charge is 0.252 e. The summed E-state index contributed by atoms with van der Waals surface area (Å²) in [4.78, 5) is 50.1. The molecule has 0 unspecified atom stereocenters. The summed E-state index contributed by atoms with van der Waals surface area (Å²) < 4.78 is 0. The number of hydrogen-bond acceptors (Lipinski definition) is 11. The summed E-state index contributed by atoms with van der Waals surface area (Å²) in [6.07, 6.45) is 4.29. The van der Waals surface area contributed by atoms with Crippen molar-refractivity contribution in [3.05, 3.63) is 83.1 Å². The summed E-state index contributed by atoms with van der Waals surface area (Å²) in [5.41, 5.74) is 6.22. The fourth-order valence-electron chi connectivity index (χ4n) is 7.03. The number of benzene rings is 3. The van der Waals surface area contributed by atoms with Gasteiger partial charge in [-0.05, 0) is 79.3 Å². The van der Waals surface area contributed by atoms with Crippen molar-refractivity contribution in [1.29, 1.82) is 0 Å². The number of carbonyl (C=O) groups is 1. The molecule has 1 aliphatic carbocycles. The maximum absolute atomic E-state index is 13.8. The van der Waals surface area contributed by atoms with E-state index in [1.807, 2.05) is 23.9 Å². The molecule has 5 heterocycles. The van der Waals surface area contributed by atoms with Crippen molar-refractivity contribution in [2.24, 2.45) is 0 Å². The van der Waals surface area contributed by atoms with Crippen molar-refractivity contribution >= 4 is 51.0 Å². The van der Waals surface area contributed by atoms with Gasteiger partial charge in [-0.1, -0.05) is 19.1 Å². The number of aromatic nitrogens is 8. The molecule has 3 aromatic carbocycles. The number of phenols is 2. The van der Waals surface area contributed by atoms with Crippen LogP contribution in [-0.4, -0.2) is 79.1 Å². The summed E-state index contributed by atoms with van der Waals surface area (Å²) in [6.45, 7) is 2.68. The molecule has 1 amide bonds. The highest BCUT2D eigenvalue weighted by atomic mass is 32.2. The molecular formula is C39H33N9O4S. The van der Waals surface area contributed by atoms with Gasteiger partial charge in [-0.3, -0.25) is 4.79 Å². The molecular weight excluding hydrogens is 691 g/mol. The number of phenolic OH excluding ortho intramolecular Hbond substituents is 2. The number of thioether (sulfide) groups is 1. The Bertz CT molecular complexity index is 2700. The zero-order valence-corrected chi connectivity index (χ0v) is 29.4. The lowest BCUT2D eigenvalue weighted by Crippen LogP contribution is -2.25. The Kier molecular flexibility index (Phi) is 8.03. The van der Waals surface area contributed by atoms with E-state index < -0.39 is 0 Å². The first-order chi connectivity index (χ1) is 25.8. The minimum Gasteiger partial charge on any atom is -0.512 e. The van der Waals surface area contributed by atoms with Gasteiger partial charge < -0.3 is 30.6 Å². The van der Waals surface area contributed by atoms with E-state index in [1.54, 1.807) is 48.5 Å². The van der Waals surface area contributed by atoms with Crippen LogP contribution in [-0.2, 0) is 12.8 Å². The Morgan fingerprint density at radius 1 is 0.736 bits per heavy atom. The predicted molar refractivity (Wildman–Crippen MR) is 205 cm³/mol. The van der Waals surface area contributed by atoms with Crippen molar-refractivity contribution in [3.8, 4) is 57.1 Å². The minimum atomic E-state index is -0.232. The number of fused-ring (bicyclic) bond motifs is 20. The molecule has 0 fully saturated rings. The fourth-order valence-corrected chi connectivity index (χ4v) is 7.73. The summed E-state index contributed by atoms with van der Waals surface area (Å²) in [5.74, 6) is 3.48. The number of rotatable bonds is 7. The van der Waals surface area contributed by atoms with Crippen LogP contribution in [0.5, 0.6) is 11.5 Å². The van der Waals surface area contributed by atoms with Crippen LogP contribution in [0.3, 0.4) is 0 Å². The first-order valence-corrected chi connectivity index (χ1v) is 18.6. The summed E-state index contributed by atoms with van der Waals surface area (Å²) in [6, 6.07) is 15.3. The second-order valence-corrected chi connectivity index (χ2v) is 14.4. The van der Waals surface area contributed by atoms with Gasteiger partial charge in [0.2, 0.25) is 0 Å². The molecule has 53 heavy (non-hydrogen) atoms. The van der Waals surface area contributed by atoms with E-state index in [0.29, 0.717) is 91.6 Å². The zero-order chi connectivity index (χ0) is 36.2. The van der Waals surface area contributed by atoms with E-state index in [2.05, 4.69) is 22.2 Å². The lowest BCUT2D eigenvalue weighted by atomic mass is 9.99. The highest BCUT2D eigenvalue weighted by Crippen LogP contribution is 2.39. The SMILES string of the molecule is CCSCCCCNC(=O)c1cccc2c1-c1nc-2nc2[nH]c(nc3nc(nc4[nH]c(n1)c1ccc(O)cc41)-c1cc(O)ccc1-3)c1c2CC=C(O)C1. The third kappa shape index (κ3) is 5.80. The van der Waals surface area contributed by atoms with Crippen LogP contribution in [0.15, 0.2) is 66.4 Å². The minimum absolute atomic E-state index is 0.0358. The third-order valence-corrected chi connectivity index (χ3v) is 10.6. The number of allylic oxidation sites excluding steroid dienone is 2. The van der Waals surface area contributed by atoms with Crippen LogP contribution in [0, 0.1) is 0 Å². The number of hydrogen-bond donors (Lipinski definition) is 6. The molecule has 6 N–H and O–H groups in total. The summed E-state index contributed by atoms with van der Waals surface area (Å²) in [5, 5.41) is 35.9. The van der Waals surface area contributed by atoms with Gasteiger partial charge in [-0.25, -0.2) is 29.9 Å². The Hall–Kier alpha value is -6.28. The Morgan fingerprint density at radius 3 is 2.30 bits per heavy atom. The van der Waals surface area contributed by atoms with Gasteiger partial charge in [0, 0.05) is 57.1 Å². The van der Waals surface area contributed by atoms with Gasteiger partial charge in [0.05, 0.1) is 11.3 Å². The second-order valence-electron chi connectivity index (χ2n) is 13.0. The quantitative estimate of drug-likeness (QED) is 0.0932. The molecule has 3 aromatic heterocycles. The second kappa shape index (κ2) is 13.0. The number of aliphatic hydroxyl groups excluding tert-OH is 1. The third-order valence-electron chi connectivity index (χ3n) is 9.58. The molecule has 14 heteroatoms. The molecule has 0 atom stereocenters. The number of aromatic amines is 2. The molecule has 8 bridgehead atoms. The van der Waals surface area contributed by atoms with Crippen molar-refractivity contribution in [1.82, 2.24) is 45.2 Å². The van der Waals surface area contributed by atoms with Crippen molar-refractivity contribution in [2.45, 2.75) is 32.6 Å². The fraction of sp³-hybridized carbons (Fsp3) is 0.205. The molecule has 13 nitrogen and oxygen atoms in total. The van der Waals surface area contributed by atoms with E-state index in [0.717, 1.165) is 35.5 Å². The maximum atomic E-state index is 13.8. The molecule has 3 aliphatic rings. The molecule has 0 radical (unpaired) electrons. The number of carbonyl (C=O) groups excluding carboxylic acids is 1.